The lowest BCUT2D eigenvalue weighted by Gasteiger charge is -2.25. The summed E-state index contributed by atoms with van der Waals surface area (Å²) in [6.45, 7) is 3.06. The van der Waals surface area contributed by atoms with Gasteiger partial charge in [-0.3, -0.25) is 19.8 Å². The van der Waals surface area contributed by atoms with Crippen LogP contribution in [0.2, 0.25) is 0 Å². The van der Waals surface area contributed by atoms with Crippen molar-refractivity contribution in [1.82, 2.24) is 9.88 Å². The third-order valence-corrected chi connectivity index (χ3v) is 6.41. The standard InChI is InChI=1S/C21H22N4O2S2/c26-19(24-21-23-17(14-29-21)13-25-9-2-1-3-10-25)15-6-4-7-16(12-15)22-20(27)18-8-5-11-28-18/h4-8,11-12,14H,1-3,9-10,13H2,(H,22,27)(H,23,24,26). The second-order valence-corrected chi connectivity index (χ2v) is 8.75. The summed E-state index contributed by atoms with van der Waals surface area (Å²) in [6, 6.07) is 10.5. The molecule has 8 heteroatoms. The molecular formula is C21H22N4O2S2. The van der Waals surface area contributed by atoms with Crippen LogP contribution in [-0.2, 0) is 6.54 Å². The highest BCUT2D eigenvalue weighted by Crippen LogP contribution is 2.20. The van der Waals surface area contributed by atoms with Crippen molar-refractivity contribution >= 4 is 45.3 Å². The first kappa shape index (κ1) is 19.8. The number of likely N-dealkylation sites (tertiary alicyclic amines) is 1. The van der Waals surface area contributed by atoms with Crippen molar-refractivity contribution < 1.29 is 9.59 Å². The largest absolute Gasteiger partial charge is 0.321 e. The van der Waals surface area contributed by atoms with Gasteiger partial charge >= 0.3 is 0 Å². The number of anilines is 2. The number of aromatic nitrogens is 1. The van der Waals surface area contributed by atoms with Crippen LogP contribution >= 0.6 is 22.7 Å². The Labute approximate surface area is 177 Å². The van der Waals surface area contributed by atoms with Crippen LogP contribution in [0.15, 0.2) is 47.2 Å². The van der Waals surface area contributed by atoms with Crippen LogP contribution in [0.4, 0.5) is 10.8 Å². The second-order valence-electron chi connectivity index (χ2n) is 6.95. The second kappa shape index (κ2) is 9.30. The van der Waals surface area contributed by atoms with Crippen molar-refractivity contribution in [3.05, 3.63) is 63.3 Å². The summed E-state index contributed by atoms with van der Waals surface area (Å²) >= 11 is 2.81. The van der Waals surface area contributed by atoms with Gasteiger partial charge in [-0.1, -0.05) is 18.6 Å². The van der Waals surface area contributed by atoms with Crippen LogP contribution in [0.3, 0.4) is 0 Å². The average molecular weight is 427 g/mol. The number of carbonyl (C=O) groups is 2. The quantitative estimate of drug-likeness (QED) is 0.599. The Bertz CT molecular complexity index is 978. The van der Waals surface area contributed by atoms with E-state index < -0.39 is 0 Å². The SMILES string of the molecule is O=C(Nc1nc(CN2CCCCC2)cs1)c1cccc(NC(=O)c2cccs2)c1. The van der Waals surface area contributed by atoms with E-state index in [4.69, 9.17) is 0 Å². The predicted molar refractivity (Wildman–Crippen MR) is 118 cm³/mol. The molecule has 2 aromatic heterocycles. The van der Waals surface area contributed by atoms with Crippen molar-refractivity contribution in [2.75, 3.05) is 23.7 Å². The molecule has 29 heavy (non-hydrogen) atoms. The van der Waals surface area contributed by atoms with Gasteiger partial charge in [-0.2, -0.15) is 0 Å². The smallest absolute Gasteiger partial charge is 0.265 e. The van der Waals surface area contributed by atoms with Gasteiger partial charge in [0.15, 0.2) is 5.13 Å². The minimum absolute atomic E-state index is 0.181. The molecule has 1 fully saturated rings. The predicted octanol–water partition coefficient (Wildman–Crippen LogP) is 4.70. The third kappa shape index (κ3) is 5.29. The van der Waals surface area contributed by atoms with Gasteiger partial charge in [0.25, 0.3) is 11.8 Å². The van der Waals surface area contributed by atoms with E-state index in [9.17, 15) is 9.59 Å². The van der Waals surface area contributed by atoms with Gasteiger partial charge in [-0.05, 0) is 55.6 Å². The number of thiazole rings is 1. The van der Waals surface area contributed by atoms with E-state index in [1.54, 1.807) is 30.3 Å². The number of nitrogens with zero attached hydrogens (tertiary/aromatic N) is 2. The van der Waals surface area contributed by atoms with E-state index in [2.05, 4.69) is 20.5 Å². The van der Waals surface area contributed by atoms with Gasteiger partial charge < -0.3 is 5.32 Å². The molecule has 1 aliphatic heterocycles. The molecule has 1 aromatic carbocycles. The Kier molecular flexibility index (Phi) is 6.33. The van der Waals surface area contributed by atoms with E-state index in [0.717, 1.165) is 25.3 Å². The number of carbonyl (C=O) groups excluding carboxylic acids is 2. The fourth-order valence-electron chi connectivity index (χ4n) is 3.29. The Hall–Kier alpha value is -2.55. The van der Waals surface area contributed by atoms with Crippen LogP contribution in [0, 0.1) is 0 Å². The Balaban J connectivity index is 1.36. The third-order valence-electron chi connectivity index (χ3n) is 4.73. The number of piperidine rings is 1. The molecule has 6 nitrogen and oxygen atoms in total. The highest BCUT2D eigenvalue weighted by Gasteiger charge is 2.14. The molecule has 0 atom stereocenters. The van der Waals surface area contributed by atoms with E-state index >= 15 is 0 Å². The van der Waals surface area contributed by atoms with Crippen LogP contribution in [0.5, 0.6) is 0 Å². The number of hydrogen-bond acceptors (Lipinski definition) is 6. The summed E-state index contributed by atoms with van der Waals surface area (Å²) in [4.78, 5) is 32.4. The summed E-state index contributed by atoms with van der Waals surface area (Å²) in [7, 11) is 0. The van der Waals surface area contributed by atoms with Gasteiger partial charge in [-0.25, -0.2) is 4.98 Å². The minimum Gasteiger partial charge on any atom is -0.321 e. The molecule has 2 N–H and O–H groups in total. The monoisotopic (exact) mass is 426 g/mol. The summed E-state index contributed by atoms with van der Waals surface area (Å²) in [5.41, 5.74) is 2.05. The molecule has 1 saturated heterocycles. The Morgan fingerprint density at radius 3 is 2.66 bits per heavy atom. The topological polar surface area (TPSA) is 74.3 Å². The lowest BCUT2D eigenvalue weighted by molar-refractivity contribution is 0.101. The molecule has 3 aromatic rings. The lowest BCUT2D eigenvalue weighted by atomic mass is 10.1. The van der Waals surface area contributed by atoms with Gasteiger partial charge in [0.05, 0.1) is 10.6 Å². The van der Waals surface area contributed by atoms with Gasteiger partial charge in [0, 0.05) is 23.2 Å². The van der Waals surface area contributed by atoms with Crippen molar-refractivity contribution in [3.63, 3.8) is 0 Å². The van der Waals surface area contributed by atoms with E-state index in [-0.39, 0.29) is 11.8 Å². The summed E-state index contributed by atoms with van der Waals surface area (Å²) in [6.07, 6.45) is 3.79. The first-order valence-corrected chi connectivity index (χ1v) is 11.4. The summed E-state index contributed by atoms with van der Waals surface area (Å²) in [5.74, 6) is -0.420. The average Bonchev–Trinajstić information content (AvgIpc) is 3.41. The highest BCUT2D eigenvalue weighted by molar-refractivity contribution is 7.14. The fourth-order valence-corrected chi connectivity index (χ4v) is 4.61. The molecule has 0 bridgehead atoms. The molecule has 1 aliphatic rings. The number of nitrogens with one attached hydrogen (secondary N) is 2. The van der Waals surface area contributed by atoms with Gasteiger partial charge in [-0.15, -0.1) is 22.7 Å². The number of rotatable bonds is 6. The fraction of sp³-hybridized carbons (Fsp3) is 0.286. The summed E-state index contributed by atoms with van der Waals surface area (Å²) in [5, 5.41) is 10.1. The molecular weight excluding hydrogens is 404 g/mol. The van der Waals surface area contributed by atoms with Gasteiger partial charge in [0.1, 0.15) is 0 Å². The van der Waals surface area contributed by atoms with Gasteiger partial charge in [0.2, 0.25) is 0 Å². The molecule has 4 rings (SSSR count). The summed E-state index contributed by atoms with van der Waals surface area (Å²) < 4.78 is 0. The molecule has 3 heterocycles. The number of amides is 2. The van der Waals surface area contributed by atoms with Crippen molar-refractivity contribution in [3.8, 4) is 0 Å². The molecule has 2 amide bonds. The molecule has 150 valence electrons. The van der Waals surface area contributed by atoms with Crippen LogP contribution in [0.1, 0.15) is 45.0 Å². The van der Waals surface area contributed by atoms with E-state index in [1.807, 2.05) is 16.8 Å². The number of benzene rings is 1. The van der Waals surface area contributed by atoms with E-state index in [0.29, 0.717) is 21.3 Å². The maximum Gasteiger partial charge on any atom is 0.265 e. The van der Waals surface area contributed by atoms with Crippen LogP contribution in [0.25, 0.3) is 0 Å². The molecule has 0 saturated carbocycles. The zero-order valence-electron chi connectivity index (χ0n) is 15.9. The molecule has 0 spiro atoms. The number of hydrogen-bond donors (Lipinski definition) is 2. The van der Waals surface area contributed by atoms with Crippen molar-refractivity contribution in [2.24, 2.45) is 0 Å². The minimum atomic E-state index is -0.240. The maximum absolute atomic E-state index is 12.6. The first-order valence-electron chi connectivity index (χ1n) is 9.60. The van der Waals surface area contributed by atoms with E-state index in [1.165, 1.54) is 41.9 Å². The normalized spacial score (nSPS) is 14.5. The molecule has 0 aliphatic carbocycles. The zero-order valence-corrected chi connectivity index (χ0v) is 17.5. The van der Waals surface area contributed by atoms with Crippen molar-refractivity contribution in [1.29, 1.82) is 0 Å². The molecule has 0 radical (unpaired) electrons. The lowest BCUT2D eigenvalue weighted by Crippen LogP contribution is -2.29. The highest BCUT2D eigenvalue weighted by atomic mass is 32.1. The van der Waals surface area contributed by atoms with Crippen LogP contribution < -0.4 is 10.6 Å². The first-order chi connectivity index (χ1) is 14.2. The van der Waals surface area contributed by atoms with Crippen LogP contribution in [-0.4, -0.2) is 34.8 Å². The van der Waals surface area contributed by atoms with Crippen molar-refractivity contribution in [2.45, 2.75) is 25.8 Å². The maximum atomic E-state index is 12.6. The Morgan fingerprint density at radius 2 is 1.86 bits per heavy atom. The zero-order chi connectivity index (χ0) is 20.1. The Morgan fingerprint density at radius 1 is 1.00 bits per heavy atom. The molecule has 0 unspecified atom stereocenters. The number of thiophene rings is 1.